The van der Waals surface area contributed by atoms with Gasteiger partial charge in [-0.1, -0.05) is 48.5 Å². The minimum absolute atomic E-state index is 0.123. The van der Waals surface area contributed by atoms with Crippen molar-refractivity contribution in [1.82, 2.24) is 9.55 Å². The highest BCUT2D eigenvalue weighted by Crippen LogP contribution is 2.28. The number of carbonyl (C=O) groups is 2. The fourth-order valence-corrected chi connectivity index (χ4v) is 3.58. The van der Waals surface area contributed by atoms with Gasteiger partial charge < -0.3 is 14.8 Å². The Morgan fingerprint density at radius 1 is 1.11 bits per heavy atom. The summed E-state index contributed by atoms with van der Waals surface area (Å²) < 4.78 is 4.38. The number of nitrogens with zero attached hydrogens (tertiary/aromatic N) is 2. The number of para-hydroxylation sites is 1. The van der Waals surface area contributed by atoms with Crippen LogP contribution in [0, 0.1) is 11.1 Å². The highest BCUT2D eigenvalue weighted by Gasteiger charge is 2.39. The molecule has 1 aliphatic heterocycles. The molecule has 3 rings (SSSR count). The minimum Gasteiger partial charge on any atom is -0.620 e. The first-order chi connectivity index (χ1) is 13.5. The van der Waals surface area contributed by atoms with Crippen LogP contribution >= 0.6 is 0 Å². The van der Waals surface area contributed by atoms with Crippen molar-refractivity contribution in [2.24, 2.45) is 5.92 Å². The number of hydrogen-bond donors (Lipinski definition) is 0. The van der Waals surface area contributed by atoms with E-state index in [9.17, 15) is 14.8 Å². The van der Waals surface area contributed by atoms with Gasteiger partial charge in [0.15, 0.2) is 0 Å². The van der Waals surface area contributed by atoms with Gasteiger partial charge in [0, 0.05) is 13.1 Å². The molecule has 0 aliphatic carbocycles. The van der Waals surface area contributed by atoms with Crippen molar-refractivity contribution in [1.29, 1.82) is 0 Å². The molecule has 6 nitrogen and oxygen atoms in total. The van der Waals surface area contributed by atoms with E-state index in [1.807, 2.05) is 36.4 Å². The molecule has 2 atom stereocenters. The van der Waals surface area contributed by atoms with Gasteiger partial charge in [-0.3, -0.25) is 4.65 Å². The van der Waals surface area contributed by atoms with Crippen LogP contribution < -0.4 is 4.65 Å². The Hall–Kier alpha value is -2.70. The van der Waals surface area contributed by atoms with E-state index in [2.05, 4.69) is 0 Å². The van der Waals surface area contributed by atoms with E-state index < -0.39 is 22.6 Å². The van der Waals surface area contributed by atoms with Gasteiger partial charge in [-0.15, -0.1) is 0 Å². The zero-order valence-electron chi connectivity index (χ0n) is 16.1. The summed E-state index contributed by atoms with van der Waals surface area (Å²) in [4.78, 5) is 27.1. The molecule has 2 unspecified atom stereocenters. The predicted molar refractivity (Wildman–Crippen MR) is 108 cm³/mol. The van der Waals surface area contributed by atoms with Crippen LogP contribution in [0.4, 0.5) is 10.5 Å². The fraction of sp³-hybridized carbons (Fsp3) is 0.364. The number of piperidine rings is 1. The number of hydrogen-bond acceptors (Lipinski definition) is 4. The molecule has 28 heavy (non-hydrogen) atoms. The molecule has 0 bridgehead atoms. The number of benzene rings is 2. The minimum atomic E-state index is -1.00. The van der Waals surface area contributed by atoms with Crippen molar-refractivity contribution in [2.45, 2.75) is 26.4 Å². The van der Waals surface area contributed by atoms with E-state index in [1.54, 1.807) is 36.1 Å². The predicted octanol–water partition coefficient (Wildman–Crippen LogP) is 4.09. The topological polar surface area (TPSA) is 69.7 Å². The Balaban J connectivity index is 1.65. The molecule has 0 spiro atoms. The zero-order valence-corrected chi connectivity index (χ0v) is 16.1. The molecule has 2 aromatic carbocycles. The maximum Gasteiger partial charge on any atom is 0.410 e. The van der Waals surface area contributed by atoms with Crippen molar-refractivity contribution >= 4 is 17.7 Å². The molecule has 0 saturated carbocycles. The average Bonchev–Trinajstić information content (AvgIpc) is 2.77. The van der Waals surface area contributed by atoms with Crippen LogP contribution in [0.5, 0.6) is 0 Å². The number of quaternary nitrogens is 1. The lowest BCUT2D eigenvalue weighted by Gasteiger charge is -2.42. The maximum absolute atomic E-state index is 13.3. The number of hydroxylamine groups is 2. The smallest absolute Gasteiger partial charge is 0.410 e. The quantitative estimate of drug-likeness (QED) is 0.577. The van der Waals surface area contributed by atoms with Crippen molar-refractivity contribution in [3.8, 4) is 0 Å². The van der Waals surface area contributed by atoms with Crippen LogP contribution in [-0.2, 0) is 16.1 Å². The van der Waals surface area contributed by atoms with E-state index >= 15 is 0 Å². The van der Waals surface area contributed by atoms with Crippen molar-refractivity contribution in [2.75, 3.05) is 19.6 Å². The fourth-order valence-electron chi connectivity index (χ4n) is 3.58. The maximum atomic E-state index is 13.3. The first kappa shape index (κ1) is 20.0. The van der Waals surface area contributed by atoms with Gasteiger partial charge in [0.2, 0.25) is 0 Å². The van der Waals surface area contributed by atoms with Gasteiger partial charge >= 0.3 is 12.0 Å². The Kier molecular flexibility index (Phi) is 6.44. The summed E-state index contributed by atoms with van der Waals surface area (Å²) in [5.41, 5.74) is 1.34. The van der Waals surface area contributed by atoms with Crippen LogP contribution in [0.1, 0.15) is 25.3 Å². The third-order valence-corrected chi connectivity index (χ3v) is 5.21. The first-order valence-corrected chi connectivity index (χ1v) is 9.69. The third-order valence-electron chi connectivity index (χ3n) is 5.21. The van der Waals surface area contributed by atoms with Crippen LogP contribution in [0.15, 0.2) is 60.7 Å². The summed E-state index contributed by atoms with van der Waals surface area (Å²) in [5.74, 6) is -0.884. The van der Waals surface area contributed by atoms with E-state index in [4.69, 9.17) is 4.74 Å². The molecule has 2 amide bonds. The van der Waals surface area contributed by atoms with Crippen molar-refractivity contribution in [3.63, 3.8) is 0 Å². The van der Waals surface area contributed by atoms with Gasteiger partial charge in [0.25, 0.3) is 0 Å². The Morgan fingerprint density at radius 3 is 2.39 bits per heavy atom. The molecular formula is C22H26N2O4. The molecule has 0 radical (unpaired) electrons. The standard InChI is InChI=1S/C22H26N2O4/c1-2-24(27,20-13-7-4-8-14-20)21(25)19-12-9-15-23(16-19)22(26)28-17-18-10-5-3-6-11-18/h3-8,10-11,13-14,19H,2,9,12,15-17H2,1H3. The normalized spacial score (nSPS) is 18.9. The van der Waals surface area contributed by atoms with Crippen LogP contribution in [0.25, 0.3) is 0 Å². The molecular weight excluding hydrogens is 356 g/mol. The van der Waals surface area contributed by atoms with E-state index in [-0.39, 0.29) is 19.7 Å². The van der Waals surface area contributed by atoms with Crippen LogP contribution in [-0.4, -0.2) is 36.5 Å². The summed E-state index contributed by atoms with van der Waals surface area (Å²) in [6.07, 6.45) is 0.840. The molecule has 1 aliphatic rings. The molecule has 0 N–H and O–H groups in total. The lowest BCUT2D eigenvalue weighted by atomic mass is 9.96. The summed E-state index contributed by atoms with van der Waals surface area (Å²) in [7, 11) is 0. The van der Waals surface area contributed by atoms with Crippen molar-refractivity contribution < 1.29 is 14.3 Å². The van der Waals surface area contributed by atoms with Gasteiger partial charge in [0.05, 0.1) is 12.5 Å². The number of carbonyl (C=O) groups excluding carboxylic acids is 2. The molecule has 1 saturated heterocycles. The van der Waals surface area contributed by atoms with Gasteiger partial charge in [0.1, 0.15) is 12.3 Å². The van der Waals surface area contributed by atoms with Crippen LogP contribution in [0.3, 0.4) is 0 Å². The van der Waals surface area contributed by atoms with Crippen LogP contribution in [0.2, 0.25) is 0 Å². The highest BCUT2D eigenvalue weighted by atomic mass is 16.6. The van der Waals surface area contributed by atoms with Crippen molar-refractivity contribution in [3.05, 3.63) is 71.4 Å². The van der Waals surface area contributed by atoms with E-state index in [0.717, 1.165) is 5.56 Å². The largest absolute Gasteiger partial charge is 0.620 e. The second-order valence-corrected chi connectivity index (χ2v) is 7.06. The average molecular weight is 382 g/mol. The Morgan fingerprint density at radius 2 is 1.75 bits per heavy atom. The molecule has 0 aromatic heterocycles. The molecule has 6 heteroatoms. The molecule has 148 valence electrons. The lowest BCUT2D eigenvalue weighted by molar-refractivity contribution is -0.133. The molecule has 2 aromatic rings. The molecule has 1 heterocycles. The number of likely N-dealkylation sites (tertiary alicyclic amines) is 1. The zero-order chi connectivity index (χ0) is 20.0. The van der Waals surface area contributed by atoms with Gasteiger partial charge in [-0.05, 0) is 37.5 Å². The first-order valence-electron chi connectivity index (χ1n) is 9.69. The van der Waals surface area contributed by atoms with Gasteiger partial charge in [-0.2, -0.15) is 0 Å². The number of rotatable bonds is 5. The second kappa shape index (κ2) is 8.99. The summed E-state index contributed by atoms with van der Waals surface area (Å²) in [6.45, 7) is 2.79. The number of amides is 2. The number of ether oxygens (including phenoxy) is 1. The monoisotopic (exact) mass is 382 g/mol. The lowest BCUT2D eigenvalue weighted by Crippen LogP contribution is -2.55. The third kappa shape index (κ3) is 4.40. The Bertz CT molecular complexity index is 797. The summed E-state index contributed by atoms with van der Waals surface area (Å²) in [5, 5.41) is 13.3. The summed E-state index contributed by atoms with van der Waals surface area (Å²) >= 11 is 0. The van der Waals surface area contributed by atoms with E-state index in [0.29, 0.717) is 25.1 Å². The second-order valence-electron chi connectivity index (χ2n) is 7.06. The SMILES string of the molecule is CC[N+]([O-])(C(=O)C1CCCN(C(=O)OCc2ccccc2)C1)c1ccccc1. The van der Waals surface area contributed by atoms with Gasteiger partial charge in [-0.25, -0.2) is 9.59 Å². The Labute approximate surface area is 165 Å². The van der Waals surface area contributed by atoms with E-state index in [1.165, 1.54) is 0 Å². The highest BCUT2D eigenvalue weighted by molar-refractivity contribution is 5.91. The summed E-state index contributed by atoms with van der Waals surface area (Å²) in [6, 6.07) is 18.2. The molecule has 1 fully saturated rings.